The van der Waals surface area contributed by atoms with Crippen molar-refractivity contribution in [1.29, 1.82) is 0 Å². The largest absolute Gasteiger partial charge is 0.454 e. The molecule has 0 amide bonds. The van der Waals surface area contributed by atoms with Crippen LogP contribution in [0.15, 0.2) is 53.8 Å². The van der Waals surface area contributed by atoms with E-state index in [9.17, 15) is 9.59 Å². The number of aromatic nitrogens is 1. The molecular formula is C23H27N5O3. The monoisotopic (exact) mass is 421 g/mol. The van der Waals surface area contributed by atoms with Gasteiger partial charge in [-0.3, -0.25) is 4.79 Å². The molecule has 0 fully saturated rings. The number of ether oxygens (including phenoxy) is 1. The maximum absolute atomic E-state index is 13.2. The van der Waals surface area contributed by atoms with Gasteiger partial charge in [-0.15, -0.1) is 5.10 Å². The molecule has 2 aromatic heterocycles. The van der Waals surface area contributed by atoms with Gasteiger partial charge < -0.3 is 14.9 Å². The van der Waals surface area contributed by atoms with Gasteiger partial charge in [0.05, 0.1) is 11.3 Å². The summed E-state index contributed by atoms with van der Waals surface area (Å²) in [5.41, 5.74) is 10.1. The van der Waals surface area contributed by atoms with Crippen LogP contribution in [0.4, 0.5) is 0 Å². The van der Waals surface area contributed by atoms with Gasteiger partial charge in [0.15, 0.2) is 12.4 Å². The number of esters is 1. The lowest BCUT2D eigenvalue weighted by Gasteiger charge is -2.09. The van der Waals surface area contributed by atoms with Crippen molar-refractivity contribution in [2.24, 2.45) is 16.7 Å². The topological polar surface area (TPSA) is 115 Å². The summed E-state index contributed by atoms with van der Waals surface area (Å²) in [6, 6.07) is 12.9. The molecule has 8 heteroatoms. The number of carbonyl (C=O) groups is 2. The molecule has 0 aliphatic rings. The number of hydrazine groups is 1. The van der Waals surface area contributed by atoms with Crippen LogP contribution in [0, 0.1) is 0 Å². The van der Waals surface area contributed by atoms with Crippen molar-refractivity contribution in [1.82, 2.24) is 9.52 Å². The second-order valence-corrected chi connectivity index (χ2v) is 7.20. The highest BCUT2D eigenvalue weighted by molar-refractivity contribution is 6.09. The fourth-order valence-corrected chi connectivity index (χ4v) is 3.37. The first-order valence-electron chi connectivity index (χ1n) is 10.1. The van der Waals surface area contributed by atoms with Gasteiger partial charge in [0.1, 0.15) is 0 Å². The number of pyridine rings is 1. The third-order valence-electron chi connectivity index (χ3n) is 4.95. The number of ketones is 1. The Labute approximate surface area is 181 Å². The molecule has 0 atom stereocenters. The number of benzene rings is 1. The Hall–Kier alpha value is -3.65. The summed E-state index contributed by atoms with van der Waals surface area (Å²) < 4.78 is 7.00. The summed E-state index contributed by atoms with van der Waals surface area (Å²) in [7, 11) is 1.51. The zero-order chi connectivity index (χ0) is 22.5. The molecular weight excluding hydrogens is 394 g/mol. The summed E-state index contributed by atoms with van der Waals surface area (Å²) in [6.07, 6.45) is 3.32. The van der Waals surface area contributed by atoms with Crippen molar-refractivity contribution >= 4 is 23.1 Å². The first kappa shape index (κ1) is 22.0. The van der Waals surface area contributed by atoms with Crippen LogP contribution in [0.1, 0.15) is 51.4 Å². The van der Waals surface area contributed by atoms with Crippen molar-refractivity contribution in [3.05, 3.63) is 76.6 Å². The number of nitrogens with zero attached hydrogens (tertiary/aromatic N) is 3. The van der Waals surface area contributed by atoms with Gasteiger partial charge in [0.25, 0.3) is 0 Å². The fourth-order valence-electron chi connectivity index (χ4n) is 3.37. The van der Waals surface area contributed by atoms with E-state index in [4.69, 9.17) is 16.3 Å². The maximum Gasteiger partial charge on any atom is 0.338 e. The van der Waals surface area contributed by atoms with Gasteiger partial charge in [0, 0.05) is 24.3 Å². The van der Waals surface area contributed by atoms with E-state index in [1.807, 2.05) is 41.7 Å². The zero-order valence-electron chi connectivity index (χ0n) is 18.0. The predicted octanol–water partition coefficient (Wildman–Crippen LogP) is 2.53. The van der Waals surface area contributed by atoms with E-state index in [1.165, 1.54) is 12.6 Å². The van der Waals surface area contributed by atoms with Crippen LogP contribution in [0.2, 0.25) is 0 Å². The number of rotatable bonds is 8. The molecule has 0 spiro atoms. The van der Waals surface area contributed by atoms with Gasteiger partial charge in [0.2, 0.25) is 5.78 Å². The summed E-state index contributed by atoms with van der Waals surface area (Å²) in [5, 5.41) is 4.80. The molecule has 0 unspecified atom stereocenters. The number of hydrazone groups is 1. The number of nitrogens with two attached hydrogens (primary N) is 2. The molecule has 4 N–H and O–H groups in total. The molecule has 0 radical (unpaired) electrons. The highest BCUT2D eigenvalue weighted by Gasteiger charge is 2.19. The van der Waals surface area contributed by atoms with Gasteiger partial charge in [-0.1, -0.05) is 38.1 Å². The Morgan fingerprint density at radius 2 is 1.77 bits per heavy atom. The number of amidine groups is 1. The molecule has 0 saturated carbocycles. The minimum Gasteiger partial charge on any atom is -0.454 e. The van der Waals surface area contributed by atoms with Crippen molar-refractivity contribution in [3.8, 4) is 0 Å². The number of fused-ring (bicyclic) bond motifs is 1. The van der Waals surface area contributed by atoms with Gasteiger partial charge >= 0.3 is 5.97 Å². The van der Waals surface area contributed by atoms with Crippen LogP contribution in [0.25, 0.3) is 5.52 Å². The van der Waals surface area contributed by atoms with Crippen molar-refractivity contribution < 1.29 is 14.3 Å². The van der Waals surface area contributed by atoms with Gasteiger partial charge in [-0.25, -0.2) is 15.8 Å². The maximum atomic E-state index is 13.2. The molecule has 0 aliphatic heterocycles. The third kappa shape index (κ3) is 4.92. The summed E-state index contributed by atoms with van der Waals surface area (Å²) in [4.78, 5) is 25.6. The van der Waals surface area contributed by atoms with Crippen molar-refractivity contribution in [2.75, 3.05) is 13.7 Å². The first-order valence-corrected chi connectivity index (χ1v) is 10.1. The molecule has 0 aliphatic carbocycles. The summed E-state index contributed by atoms with van der Waals surface area (Å²) in [6.45, 7) is 3.90. The molecule has 0 bridgehead atoms. The molecule has 162 valence electrons. The van der Waals surface area contributed by atoms with Crippen molar-refractivity contribution in [3.63, 3.8) is 0 Å². The average molecular weight is 422 g/mol. The summed E-state index contributed by atoms with van der Waals surface area (Å²) >= 11 is 0. The zero-order valence-corrected chi connectivity index (χ0v) is 18.0. The minimum atomic E-state index is -0.539. The highest BCUT2D eigenvalue weighted by atomic mass is 16.5. The number of carbonyl (C=O) groups excluding carboxylic acids is 2. The SMILES string of the molecule is CCc1ccc(C(=O)c2c(CC)cc3cc(C(=O)OC/C(N)=N/N(C)N)ccn23)cc1. The van der Waals surface area contributed by atoms with E-state index in [1.54, 1.807) is 18.3 Å². The molecule has 3 aromatic rings. The van der Waals surface area contributed by atoms with E-state index in [0.717, 1.165) is 22.6 Å². The van der Waals surface area contributed by atoms with E-state index in [2.05, 4.69) is 12.0 Å². The molecule has 2 heterocycles. The number of hydrogen-bond donors (Lipinski definition) is 2. The lowest BCUT2D eigenvalue weighted by Crippen LogP contribution is -2.28. The molecule has 8 nitrogen and oxygen atoms in total. The molecule has 0 saturated heterocycles. The first-order chi connectivity index (χ1) is 14.8. The molecule has 1 aromatic carbocycles. The lowest BCUT2D eigenvalue weighted by atomic mass is 10.0. The quantitative estimate of drug-likeness (QED) is 0.144. The van der Waals surface area contributed by atoms with Gasteiger partial charge in [-0.05, 0) is 42.2 Å². The Kier molecular flexibility index (Phi) is 6.71. The molecule has 31 heavy (non-hydrogen) atoms. The van der Waals surface area contributed by atoms with Crippen LogP contribution in [-0.2, 0) is 17.6 Å². The second kappa shape index (κ2) is 9.44. The Morgan fingerprint density at radius 1 is 1.06 bits per heavy atom. The molecule has 3 rings (SSSR count). The van der Waals surface area contributed by atoms with E-state index < -0.39 is 5.97 Å². The van der Waals surface area contributed by atoms with Crippen LogP contribution in [-0.4, -0.2) is 40.8 Å². The lowest BCUT2D eigenvalue weighted by molar-refractivity contribution is 0.0561. The van der Waals surface area contributed by atoms with Crippen LogP contribution in [0.3, 0.4) is 0 Å². The smallest absolute Gasteiger partial charge is 0.338 e. The summed E-state index contributed by atoms with van der Waals surface area (Å²) in [5.74, 6) is 4.87. The third-order valence-corrected chi connectivity index (χ3v) is 4.95. The van der Waals surface area contributed by atoms with Gasteiger partial charge in [-0.2, -0.15) is 0 Å². The normalized spacial score (nSPS) is 11.5. The number of hydrogen-bond acceptors (Lipinski definition) is 6. The van der Waals surface area contributed by atoms with Crippen LogP contribution < -0.4 is 11.6 Å². The minimum absolute atomic E-state index is 0.0512. The Morgan fingerprint density at radius 3 is 2.39 bits per heavy atom. The standard InChI is InChI=1S/C23H27N5O3/c1-4-15-6-8-17(9-7-15)22(29)21-16(5-2)12-19-13-18(10-11-28(19)21)23(30)31-14-20(24)26-27(3)25/h6-13H,4-5,14,25H2,1-3H3,(H2,24,26). The van der Waals surface area contributed by atoms with Crippen molar-refractivity contribution in [2.45, 2.75) is 26.7 Å². The Balaban J connectivity index is 1.89. The fraction of sp³-hybridized carbons (Fsp3) is 0.261. The predicted molar refractivity (Wildman–Crippen MR) is 120 cm³/mol. The average Bonchev–Trinajstić information content (AvgIpc) is 3.14. The second-order valence-electron chi connectivity index (χ2n) is 7.20. The van der Waals surface area contributed by atoms with E-state index in [-0.39, 0.29) is 18.2 Å². The van der Waals surface area contributed by atoms with Crippen LogP contribution >= 0.6 is 0 Å². The highest BCUT2D eigenvalue weighted by Crippen LogP contribution is 2.22. The number of aryl methyl sites for hydroxylation is 2. The van der Waals surface area contributed by atoms with Crippen LogP contribution in [0.5, 0.6) is 0 Å². The van der Waals surface area contributed by atoms with E-state index in [0.29, 0.717) is 23.2 Å². The Bertz CT molecular complexity index is 1130. The van der Waals surface area contributed by atoms with E-state index >= 15 is 0 Å².